The standard InChI is InChI=1S/C18H17N5O3/c1-26-12-4-2-3-10(5-12)11-6-13-16(18(25)19-8-11)23-17(22-13)14-7-15(24)21-9-20-14/h2-5,7,9,11H,6,8H2,1H3,(H,19,25)(H,22,23)(H,20,21,24)/t11-/m0/s1. The van der Waals surface area contributed by atoms with Crippen molar-refractivity contribution in [2.24, 2.45) is 0 Å². The molecule has 0 saturated heterocycles. The molecule has 1 atom stereocenters. The van der Waals surface area contributed by atoms with E-state index in [4.69, 9.17) is 4.74 Å². The summed E-state index contributed by atoms with van der Waals surface area (Å²) in [5.74, 6) is 1.02. The molecule has 1 aromatic carbocycles. The van der Waals surface area contributed by atoms with Crippen molar-refractivity contribution in [2.45, 2.75) is 12.3 Å². The highest BCUT2D eigenvalue weighted by Crippen LogP contribution is 2.27. The van der Waals surface area contributed by atoms with Gasteiger partial charge >= 0.3 is 0 Å². The molecule has 0 aliphatic carbocycles. The average molecular weight is 351 g/mol. The van der Waals surface area contributed by atoms with Gasteiger partial charge in [0.15, 0.2) is 5.82 Å². The first-order chi connectivity index (χ1) is 12.6. The number of fused-ring (bicyclic) bond motifs is 1. The molecule has 1 amide bonds. The van der Waals surface area contributed by atoms with Crippen LogP contribution in [0.15, 0.2) is 41.5 Å². The Morgan fingerprint density at radius 1 is 1.23 bits per heavy atom. The second kappa shape index (κ2) is 6.47. The molecule has 1 aliphatic heterocycles. The van der Waals surface area contributed by atoms with Gasteiger partial charge in [0.05, 0.1) is 13.4 Å². The lowest BCUT2D eigenvalue weighted by Gasteiger charge is -2.15. The maximum atomic E-state index is 12.4. The molecular formula is C18H17N5O3. The number of hydrogen-bond donors (Lipinski definition) is 3. The van der Waals surface area contributed by atoms with Crippen molar-refractivity contribution >= 4 is 5.91 Å². The number of methoxy groups -OCH3 is 1. The fourth-order valence-corrected chi connectivity index (χ4v) is 3.11. The van der Waals surface area contributed by atoms with Crippen molar-refractivity contribution in [3.05, 3.63) is 64.0 Å². The van der Waals surface area contributed by atoms with Crippen molar-refractivity contribution in [3.8, 4) is 17.3 Å². The molecule has 0 radical (unpaired) electrons. The molecule has 0 fully saturated rings. The van der Waals surface area contributed by atoms with E-state index in [9.17, 15) is 9.59 Å². The van der Waals surface area contributed by atoms with E-state index in [0.717, 1.165) is 17.0 Å². The number of ether oxygens (including phenoxy) is 1. The average Bonchev–Trinajstić information content (AvgIpc) is 3.02. The highest BCUT2D eigenvalue weighted by Gasteiger charge is 2.27. The molecule has 1 aliphatic rings. The fraction of sp³-hybridized carbons (Fsp3) is 0.222. The van der Waals surface area contributed by atoms with E-state index < -0.39 is 0 Å². The Bertz CT molecular complexity index is 1020. The Balaban J connectivity index is 1.70. The number of aromatic nitrogens is 4. The number of benzene rings is 1. The van der Waals surface area contributed by atoms with E-state index in [2.05, 4.69) is 25.3 Å². The van der Waals surface area contributed by atoms with Crippen LogP contribution in [0.1, 0.15) is 27.7 Å². The van der Waals surface area contributed by atoms with Gasteiger partial charge in [-0.1, -0.05) is 12.1 Å². The molecule has 8 nitrogen and oxygen atoms in total. The second-order valence-electron chi connectivity index (χ2n) is 6.10. The van der Waals surface area contributed by atoms with Crippen LogP contribution in [0.5, 0.6) is 5.75 Å². The molecule has 132 valence electrons. The molecule has 0 unspecified atom stereocenters. The van der Waals surface area contributed by atoms with Gasteiger partial charge in [-0.2, -0.15) is 0 Å². The Hall–Kier alpha value is -3.42. The zero-order valence-electron chi connectivity index (χ0n) is 14.1. The van der Waals surface area contributed by atoms with E-state index in [0.29, 0.717) is 30.2 Å². The summed E-state index contributed by atoms with van der Waals surface area (Å²) in [6, 6.07) is 9.14. The van der Waals surface area contributed by atoms with Crippen molar-refractivity contribution in [3.63, 3.8) is 0 Å². The molecule has 2 aromatic heterocycles. The minimum absolute atomic E-state index is 0.0794. The van der Waals surface area contributed by atoms with Gasteiger partial charge in [0.1, 0.15) is 17.1 Å². The van der Waals surface area contributed by atoms with Gasteiger partial charge in [-0.05, 0) is 24.1 Å². The minimum Gasteiger partial charge on any atom is -0.497 e. The predicted octanol–water partition coefficient (Wildman–Crippen LogP) is 1.24. The number of amides is 1. The Morgan fingerprint density at radius 3 is 2.92 bits per heavy atom. The number of imidazole rings is 1. The van der Waals surface area contributed by atoms with Crippen LogP contribution in [0, 0.1) is 0 Å². The normalized spacial score (nSPS) is 16.5. The third-order valence-electron chi connectivity index (χ3n) is 4.44. The first kappa shape index (κ1) is 16.1. The smallest absolute Gasteiger partial charge is 0.271 e. The quantitative estimate of drug-likeness (QED) is 0.657. The Morgan fingerprint density at radius 2 is 2.12 bits per heavy atom. The maximum Gasteiger partial charge on any atom is 0.271 e. The highest BCUT2D eigenvalue weighted by molar-refractivity contribution is 5.94. The van der Waals surface area contributed by atoms with Gasteiger partial charge in [0.2, 0.25) is 0 Å². The van der Waals surface area contributed by atoms with Crippen molar-refractivity contribution in [1.29, 1.82) is 0 Å². The number of nitrogens with zero attached hydrogens (tertiary/aromatic N) is 2. The summed E-state index contributed by atoms with van der Waals surface area (Å²) >= 11 is 0. The summed E-state index contributed by atoms with van der Waals surface area (Å²) in [7, 11) is 1.63. The number of carbonyl (C=O) groups excluding carboxylic acids is 1. The monoisotopic (exact) mass is 351 g/mol. The number of hydrogen-bond acceptors (Lipinski definition) is 5. The molecule has 3 heterocycles. The lowest BCUT2D eigenvalue weighted by atomic mass is 9.94. The molecule has 8 heteroatoms. The van der Waals surface area contributed by atoms with Gasteiger partial charge in [0, 0.05) is 24.2 Å². The summed E-state index contributed by atoms with van der Waals surface area (Å²) < 4.78 is 5.29. The maximum absolute atomic E-state index is 12.4. The van der Waals surface area contributed by atoms with Gasteiger partial charge in [-0.25, -0.2) is 9.97 Å². The number of carbonyl (C=O) groups is 1. The summed E-state index contributed by atoms with van der Waals surface area (Å²) in [6.07, 6.45) is 1.92. The van der Waals surface area contributed by atoms with Crippen LogP contribution in [-0.4, -0.2) is 39.5 Å². The van der Waals surface area contributed by atoms with E-state index in [-0.39, 0.29) is 17.4 Å². The minimum atomic E-state index is -0.277. The van der Waals surface area contributed by atoms with Crippen LogP contribution in [0.2, 0.25) is 0 Å². The van der Waals surface area contributed by atoms with Gasteiger partial charge < -0.3 is 20.0 Å². The summed E-state index contributed by atoms with van der Waals surface area (Å²) in [5.41, 5.74) is 2.26. The molecule has 4 rings (SSSR count). The van der Waals surface area contributed by atoms with Crippen LogP contribution in [-0.2, 0) is 6.42 Å². The molecule has 26 heavy (non-hydrogen) atoms. The number of aromatic amines is 2. The van der Waals surface area contributed by atoms with E-state index in [1.165, 1.54) is 12.4 Å². The van der Waals surface area contributed by atoms with Gasteiger partial charge in [-0.15, -0.1) is 0 Å². The Kier molecular flexibility index (Phi) is 4.00. The van der Waals surface area contributed by atoms with Crippen LogP contribution >= 0.6 is 0 Å². The summed E-state index contributed by atoms with van der Waals surface area (Å²) in [6.45, 7) is 0.509. The molecule has 0 saturated carbocycles. The van der Waals surface area contributed by atoms with Crippen LogP contribution < -0.4 is 15.6 Å². The van der Waals surface area contributed by atoms with E-state index in [1.807, 2.05) is 24.3 Å². The number of nitrogens with one attached hydrogen (secondary N) is 3. The van der Waals surface area contributed by atoms with E-state index >= 15 is 0 Å². The molecule has 3 aromatic rings. The number of rotatable bonds is 3. The van der Waals surface area contributed by atoms with Gasteiger partial charge in [0.25, 0.3) is 11.5 Å². The van der Waals surface area contributed by atoms with Crippen molar-refractivity contribution in [1.82, 2.24) is 25.3 Å². The topological polar surface area (TPSA) is 113 Å². The Labute approximate surface area is 148 Å². The van der Waals surface area contributed by atoms with E-state index in [1.54, 1.807) is 7.11 Å². The third-order valence-corrected chi connectivity index (χ3v) is 4.44. The lowest BCUT2D eigenvalue weighted by Crippen LogP contribution is -2.26. The highest BCUT2D eigenvalue weighted by atomic mass is 16.5. The summed E-state index contributed by atoms with van der Waals surface area (Å²) in [4.78, 5) is 38.0. The molecular weight excluding hydrogens is 334 g/mol. The summed E-state index contributed by atoms with van der Waals surface area (Å²) in [5, 5.41) is 2.91. The zero-order valence-corrected chi connectivity index (χ0v) is 14.1. The van der Waals surface area contributed by atoms with Gasteiger partial charge in [-0.3, -0.25) is 9.59 Å². The molecule has 3 N–H and O–H groups in total. The van der Waals surface area contributed by atoms with Crippen molar-refractivity contribution < 1.29 is 9.53 Å². The van der Waals surface area contributed by atoms with Crippen LogP contribution in [0.4, 0.5) is 0 Å². The van der Waals surface area contributed by atoms with Crippen LogP contribution in [0.25, 0.3) is 11.5 Å². The first-order valence-electron chi connectivity index (χ1n) is 8.20. The lowest BCUT2D eigenvalue weighted by molar-refractivity contribution is 0.0950. The number of H-pyrrole nitrogens is 2. The third kappa shape index (κ3) is 2.97. The molecule has 0 spiro atoms. The molecule has 0 bridgehead atoms. The fourth-order valence-electron chi connectivity index (χ4n) is 3.11. The largest absolute Gasteiger partial charge is 0.497 e. The predicted molar refractivity (Wildman–Crippen MR) is 94.2 cm³/mol. The van der Waals surface area contributed by atoms with Crippen molar-refractivity contribution in [2.75, 3.05) is 13.7 Å². The second-order valence-corrected chi connectivity index (χ2v) is 6.10. The first-order valence-corrected chi connectivity index (χ1v) is 8.20. The zero-order chi connectivity index (χ0) is 18.1. The van der Waals surface area contributed by atoms with Crippen LogP contribution in [0.3, 0.4) is 0 Å². The SMILES string of the molecule is COc1cccc([C@@H]2CNC(=O)c3nc(-c4cc(=O)[nH]cn4)[nH]c3C2)c1.